The third kappa shape index (κ3) is 3.65. The van der Waals surface area contributed by atoms with Crippen molar-refractivity contribution in [3.8, 4) is 17.0 Å². The van der Waals surface area contributed by atoms with Gasteiger partial charge in [0.25, 0.3) is 11.6 Å². The molecule has 0 aliphatic carbocycles. The molecule has 26 heavy (non-hydrogen) atoms. The van der Waals surface area contributed by atoms with Crippen molar-refractivity contribution in [2.24, 2.45) is 0 Å². The number of carbonyl (C=O) groups excluding carboxylic acids is 1. The number of phenolic OH excluding ortho intramolecular Hbond substituents is 1. The number of nitro groups is 1. The van der Waals surface area contributed by atoms with E-state index in [1.807, 2.05) is 0 Å². The molecular formula is C17H13ClN4O4. The molecule has 132 valence electrons. The molecule has 0 radical (unpaired) electrons. The fourth-order valence-electron chi connectivity index (χ4n) is 2.39. The highest BCUT2D eigenvalue weighted by molar-refractivity contribution is 6.30. The Morgan fingerprint density at radius 3 is 2.69 bits per heavy atom. The molecule has 3 aromatic rings. The van der Waals surface area contributed by atoms with Gasteiger partial charge in [-0.1, -0.05) is 23.7 Å². The molecule has 0 unspecified atom stereocenters. The first-order valence-electron chi connectivity index (χ1n) is 7.49. The van der Waals surface area contributed by atoms with Crippen molar-refractivity contribution >= 4 is 23.2 Å². The van der Waals surface area contributed by atoms with Crippen LogP contribution in [0.25, 0.3) is 11.3 Å². The summed E-state index contributed by atoms with van der Waals surface area (Å²) < 4.78 is 0. The average molecular weight is 373 g/mol. The van der Waals surface area contributed by atoms with E-state index in [1.54, 1.807) is 24.3 Å². The monoisotopic (exact) mass is 372 g/mol. The summed E-state index contributed by atoms with van der Waals surface area (Å²) in [6.07, 6.45) is 1.38. The summed E-state index contributed by atoms with van der Waals surface area (Å²) in [5.74, 6) is -0.573. The number of nitrogens with zero attached hydrogens (tertiary/aromatic N) is 2. The van der Waals surface area contributed by atoms with E-state index >= 15 is 0 Å². The van der Waals surface area contributed by atoms with Crippen LogP contribution in [0.4, 0.5) is 5.69 Å². The number of aromatic hydroxyl groups is 1. The molecule has 0 spiro atoms. The maximum atomic E-state index is 12.5. The van der Waals surface area contributed by atoms with Crippen molar-refractivity contribution in [1.29, 1.82) is 0 Å². The van der Waals surface area contributed by atoms with Gasteiger partial charge in [0.2, 0.25) is 0 Å². The number of amides is 1. The summed E-state index contributed by atoms with van der Waals surface area (Å²) >= 11 is 5.87. The van der Waals surface area contributed by atoms with Crippen LogP contribution in [0.15, 0.2) is 48.7 Å². The van der Waals surface area contributed by atoms with E-state index in [9.17, 15) is 20.0 Å². The van der Waals surface area contributed by atoms with Crippen LogP contribution < -0.4 is 5.32 Å². The number of nitrogens with one attached hydrogen (secondary N) is 2. The Morgan fingerprint density at radius 2 is 2.00 bits per heavy atom. The van der Waals surface area contributed by atoms with Gasteiger partial charge in [0.1, 0.15) is 5.75 Å². The molecule has 1 aromatic heterocycles. The predicted molar refractivity (Wildman–Crippen MR) is 95.0 cm³/mol. The van der Waals surface area contributed by atoms with E-state index in [-0.39, 0.29) is 23.5 Å². The van der Waals surface area contributed by atoms with Crippen LogP contribution in [0, 0.1) is 10.1 Å². The van der Waals surface area contributed by atoms with Crippen LogP contribution in [0.1, 0.15) is 15.9 Å². The molecule has 0 aliphatic heterocycles. The molecule has 0 aliphatic rings. The van der Waals surface area contributed by atoms with Crippen LogP contribution in [-0.4, -0.2) is 26.1 Å². The second kappa shape index (κ2) is 7.24. The standard InChI is InChI=1S/C17H13ClN4O4/c18-12-3-1-10(2-4-12)16-14(9-20-21-16)17(24)19-8-11-7-13(22(25)26)5-6-15(11)23/h1-7,9,23H,8H2,(H,19,24)(H,20,21). The molecule has 1 heterocycles. The number of carbonyl (C=O) groups is 1. The zero-order valence-electron chi connectivity index (χ0n) is 13.3. The fourth-order valence-corrected chi connectivity index (χ4v) is 2.52. The quantitative estimate of drug-likeness (QED) is 0.468. The van der Waals surface area contributed by atoms with E-state index in [1.165, 1.54) is 24.4 Å². The van der Waals surface area contributed by atoms with E-state index < -0.39 is 10.8 Å². The number of rotatable bonds is 5. The molecular weight excluding hydrogens is 360 g/mol. The maximum absolute atomic E-state index is 12.5. The summed E-state index contributed by atoms with van der Waals surface area (Å²) in [5, 5.41) is 30.5. The lowest BCUT2D eigenvalue weighted by atomic mass is 10.1. The maximum Gasteiger partial charge on any atom is 0.270 e. The topological polar surface area (TPSA) is 121 Å². The Morgan fingerprint density at radius 1 is 1.27 bits per heavy atom. The van der Waals surface area contributed by atoms with Crippen molar-refractivity contribution < 1.29 is 14.8 Å². The minimum atomic E-state index is -0.570. The second-order valence-corrected chi connectivity index (χ2v) is 5.85. The van der Waals surface area contributed by atoms with Gasteiger partial charge in [-0.2, -0.15) is 5.10 Å². The number of benzene rings is 2. The van der Waals surface area contributed by atoms with Crippen LogP contribution in [-0.2, 0) is 6.54 Å². The Hall–Kier alpha value is -3.39. The number of non-ortho nitro benzene ring substituents is 1. The van der Waals surface area contributed by atoms with Gasteiger partial charge in [0.05, 0.1) is 22.4 Å². The highest BCUT2D eigenvalue weighted by atomic mass is 35.5. The first-order valence-corrected chi connectivity index (χ1v) is 7.87. The number of H-pyrrole nitrogens is 1. The molecule has 1 amide bonds. The SMILES string of the molecule is O=C(NCc1cc([N+](=O)[O-])ccc1O)c1cn[nH]c1-c1ccc(Cl)cc1. The molecule has 3 rings (SSSR count). The Labute approximate surface area is 152 Å². The summed E-state index contributed by atoms with van der Waals surface area (Å²) in [5.41, 5.74) is 1.62. The van der Waals surface area contributed by atoms with Crippen molar-refractivity contribution in [2.75, 3.05) is 0 Å². The summed E-state index contributed by atoms with van der Waals surface area (Å²) in [7, 11) is 0. The highest BCUT2D eigenvalue weighted by Gasteiger charge is 2.16. The van der Waals surface area contributed by atoms with Gasteiger partial charge in [-0.3, -0.25) is 20.0 Å². The predicted octanol–water partition coefficient (Wildman–Crippen LogP) is 3.27. The molecule has 0 saturated carbocycles. The van der Waals surface area contributed by atoms with Gasteiger partial charge in [-0.25, -0.2) is 0 Å². The van der Waals surface area contributed by atoms with E-state index in [4.69, 9.17) is 11.6 Å². The van der Waals surface area contributed by atoms with Crippen LogP contribution >= 0.6 is 11.6 Å². The van der Waals surface area contributed by atoms with Gasteiger partial charge in [0.15, 0.2) is 0 Å². The molecule has 0 fully saturated rings. The van der Waals surface area contributed by atoms with Crippen molar-refractivity contribution in [2.45, 2.75) is 6.54 Å². The molecule has 0 atom stereocenters. The van der Waals surface area contributed by atoms with Crippen LogP contribution in [0.3, 0.4) is 0 Å². The zero-order valence-corrected chi connectivity index (χ0v) is 14.0. The lowest BCUT2D eigenvalue weighted by Gasteiger charge is -2.08. The molecule has 3 N–H and O–H groups in total. The highest BCUT2D eigenvalue weighted by Crippen LogP contribution is 2.24. The normalized spacial score (nSPS) is 10.5. The van der Waals surface area contributed by atoms with E-state index in [0.29, 0.717) is 16.3 Å². The number of phenols is 1. The summed E-state index contributed by atoms with van der Waals surface area (Å²) in [6.45, 7) is -0.0718. The molecule has 0 bridgehead atoms. The lowest BCUT2D eigenvalue weighted by Crippen LogP contribution is -2.23. The third-order valence-electron chi connectivity index (χ3n) is 3.73. The van der Waals surface area contributed by atoms with Crippen LogP contribution in [0.2, 0.25) is 5.02 Å². The summed E-state index contributed by atoms with van der Waals surface area (Å²) in [4.78, 5) is 22.7. The molecule has 8 nitrogen and oxygen atoms in total. The average Bonchev–Trinajstić information content (AvgIpc) is 3.11. The number of aromatic nitrogens is 2. The van der Waals surface area contributed by atoms with Crippen molar-refractivity contribution in [1.82, 2.24) is 15.5 Å². The number of hydrogen-bond donors (Lipinski definition) is 3. The lowest BCUT2D eigenvalue weighted by molar-refractivity contribution is -0.384. The van der Waals surface area contributed by atoms with Crippen LogP contribution in [0.5, 0.6) is 5.75 Å². The molecule has 0 saturated heterocycles. The number of hydrogen-bond acceptors (Lipinski definition) is 5. The largest absolute Gasteiger partial charge is 0.508 e. The fraction of sp³-hybridized carbons (Fsp3) is 0.0588. The van der Waals surface area contributed by atoms with Gasteiger partial charge >= 0.3 is 0 Å². The molecule has 9 heteroatoms. The van der Waals surface area contributed by atoms with Gasteiger partial charge in [-0.15, -0.1) is 0 Å². The van der Waals surface area contributed by atoms with E-state index in [0.717, 1.165) is 5.56 Å². The number of nitro benzene ring substituents is 1. The smallest absolute Gasteiger partial charge is 0.270 e. The third-order valence-corrected chi connectivity index (χ3v) is 3.98. The van der Waals surface area contributed by atoms with Gasteiger partial charge < -0.3 is 10.4 Å². The minimum absolute atomic E-state index is 0.0718. The number of halogens is 1. The zero-order chi connectivity index (χ0) is 18.7. The van der Waals surface area contributed by atoms with Crippen molar-refractivity contribution in [3.63, 3.8) is 0 Å². The van der Waals surface area contributed by atoms with E-state index in [2.05, 4.69) is 15.5 Å². The Bertz CT molecular complexity index is 969. The Balaban J connectivity index is 1.78. The second-order valence-electron chi connectivity index (χ2n) is 5.42. The van der Waals surface area contributed by atoms with Gasteiger partial charge in [0, 0.05) is 34.8 Å². The first kappa shape index (κ1) is 17.4. The Kier molecular flexibility index (Phi) is 4.85. The van der Waals surface area contributed by atoms with Crippen molar-refractivity contribution in [3.05, 3.63) is 74.9 Å². The minimum Gasteiger partial charge on any atom is -0.508 e. The summed E-state index contributed by atoms with van der Waals surface area (Å²) in [6, 6.07) is 10.5. The molecule has 2 aromatic carbocycles. The number of aromatic amines is 1. The van der Waals surface area contributed by atoms with Gasteiger partial charge in [-0.05, 0) is 18.2 Å². The first-order chi connectivity index (χ1) is 12.5.